The van der Waals surface area contributed by atoms with Gasteiger partial charge in [0.05, 0.1) is 5.75 Å². The Morgan fingerprint density at radius 1 is 1.15 bits per heavy atom. The van der Waals surface area contributed by atoms with Crippen molar-refractivity contribution in [1.29, 1.82) is 0 Å². The van der Waals surface area contributed by atoms with Gasteiger partial charge in [0.15, 0.2) is 0 Å². The second-order valence-electron chi connectivity index (χ2n) is 5.57. The summed E-state index contributed by atoms with van der Waals surface area (Å²) < 4.78 is 26.0. The van der Waals surface area contributed by atoms with Crippen molar-refractivity contribution in [1.82, 2.24) is 19.4 Å². The number of hydrogen-bond acceptors (Lipinski definition) is 5. The SMILES string of the molecule is CCNCCCS(=O)(=O)N1CCN(CCN(C)C)CC1. The van der Waals surface area contributed by atoms with Gasteiger partial charge < -0.3 is 10.2 Å². The van der Waals surface area contributed by atoms with E-state index in [-0.39, 0.29) is 5.75 Å². The van der Waals surface area contributed by atoms with Crippen LogP contribution in [-0.2, 0) is 10.0 Å². The Kier molecular flexibility index (Phi) is 7.98. The number of nitrogens with one attached hydrogen (secondary N) is 1. The highest BCUT2D eigenvalue weighted by atomic mass is 32.2. The maximum atomic E-state index is 12.2. The van der Waals surface area contributed by atoms with Crippen molar-refractivity contribution in [3.05, 3.63) is 0 Å². The van der Waals surface area contributed by atoms with Crippen LogP contribution in [0.2, 0.25) is 0 Å². The lowest BCUT2D eigenvalue weighted by Gasteiger charge is -2.34. The van der Waals surface area contributed by atoms with Crippen LogP contribution in [0.3, 0.4) is 0 Å². The van der Waals surface area contributed by atoms with Gasteiger partial charge >= 0.3 is 0 Å². The van der Waals surface area contributed by atoms with E-state index >= 15 is 0 Å². The van der Waals surface area contributed by atoms with Crippen LogP contribution in [-0.4, -0.2) is 94.7 Å². The molecule has 0 radical (unpaired) electrons. The zero-order chi connectivity index (χ0) is 15.0. The molecular weight excluding hydrogens is 276 g/mol. The summed E-state index contributed by atoms with van der Waals surface area (Å²) in [6, 6.07) is 0. The van der Waals surface area contributed by atoms with Crippen LogP contribution < -0.4 is 5.32 Å². The van der Waals surface area contributed by atoms with E-state index in [2.05, 4.69) is 29.2 Å². The first-order chi connectivity index (χ1) is 9.45. The van der Waals surface area contributed by atoms with Crippen molar-refractivity contribution < 1.29 is 8.42 Å². The Morgan fingerprint density at radius 2 is 1.80 bits per heavy atom. The van der Waals surface area contributed by atoms with Gasteiger partial charge in [-0.3, -0.25) is 4.90 Å². The summed E-state index contributed by atoms with van der Waals surface area (Å²) >= 11 is 0. The van der Waals surface area contributed by atoms with Crippen LogP contribution in [0.5, 0.6) is 0 Å². The van der Waals surface area contributed by atoms with E-state index in [1.54, 1.807) is 4.31 Å². The van der Waals surface area contributed by atoms with Gasteiger partial charge in [-0.2, -0.15) is 4.31 Å². The van der Waals surface area contributed by atoms with E-state index in [1.165, 1.54) is 0 Å². The van der Waals surface area contributed by atoms with Gasteiger partial charge in [-0.25, -0.2) is 8.42 Å². The van der Waals surface area contributed by atoms with E-state index in [0.29, 0.717) is 19.5 Å². The molecule has 0 saturated carbocycles. The summed E-state index contributed by atoms with van der Waals surface area (Å²) in [5.74, 6) is 0.262. The summed E-state index contributed by atoms with van der Waals surface area (Å²) in [5, 5.41) is 3.16. The average molecular weight is 306 g/mol. The molecule has 6 nitrogen and oxygen atoms in total. The van der Waals surface area contributed by atoms with E-state index in [9.17, 15) is 8.42 Å². The molecule has 1 aliphatic rings. The second kappa shape index (κ2) is 8.94. The monoisotopic (exact) mass is 306 g/mol. The molecule has 1 fully saturated rings. The topological polar surface area (TPSA) is 55.9 Å². The van der Waals surface area contributed by atoms with Gasteiger partial charge in [0.25, 0.3) is 0 Å². The van der Waals surface area contributed by atoms with E-state index in [1.807, 2.05) is 6.92 Å². The molecule has 20 heavy (non-hydrogen) atoms. The minimum atomic E-state index is -3.06. The Hall–Kier alpha value is -0.210. The molecule has 0 aliphatic carbocycles. The van der Waals surface area contributed by atoms with Gasteiger partial charge in [0, 0.05) is 39.3 Å². The van der Waals surface area contributed by atoms with Crippen LogP contribution in [0.25, 0.3) is 0 Å². The van der Waals surface area contributed by atoms with E-state index < -0.39 is 10.0 Å². The third-order valence-corrected chi connectivity index (χ3v) is 5.55. The third-order valence-electron chi connectivity index (χ3n) is 3.59. The summed E-state index contributed by atoms with van der Waals surface area (Å²) in [7, 11) is 1.06. The van der Waals surface area contributed by atoms with Crippen molar-refractivity contribution >= 4 is 10.0 Å². The van der Waals surface area contributed by atoms with Crippen molar-refractivity contribution in [2.24, 2.45) is 0 Å². The predicted octanol–water partition coefficient (Wildman–Crippen LogP) is -0.505. The molecule has 0 aromatic rings. The number of likely N-dealkylation sites (N-methyl/N-ethyl adjacent to an activating group) is 1. The molecular formula is C13H30N4O2S. The Balaban J connectivity index is 2.28. The molecule has 0 aromatic carbocycles. The number of hydrogen-bond donors (Lipinski definition) is 1. The molecule has 0 unspecified atom stereocenters. The molecule has 1 N–H and O–H groups in total. The maximum Gasteiger partial charge on any atom is 0.214 e. The lowest BCUT2D eigenvalue weighted by Crippen LogP contribution is -2.50. The summed E-state index contributed by atoms with van der Waals surface area (Å²) in [5.41, 5.74) is 0. The van der Waals surface area contributed by atoms with Gasteiger partial charge in [0.2, 0.25) is 10.0 Å². The standard InChI is InChI=1S/C13H30N4O2S/c1-4-14-6-5-13-20(18,19)17-11-9-16(10-12-17)8-7-15(2)3/h14H,4-13H2,1-3H3. The second-order valence-corrected chi connectivity index (χ2v) is 7.66. The van der Waals surface area contributed by atoms with Crippen molar-refractivity contribution in [2.75, 3.05) is 72.2 Å². The molecule has 0 amide bonds. The normalized spacial score (nSPS) is 18.8. The third kappa shape index (κ3) is 6.49. The molecule has 0 aromatic heterocycles. The lowest BCUT2D eigenvalue weighted by atomic mass is 10.3. The van der Waals surface area contributed by atoms with Crippen LogP contribution in [0, 0.1) is 0 Å². The highest BCUT2D eigenvalue weighted by molar-refractivity contribution is 7.89. The lowest BCUT2D eigenvalue weighted by molar-refractivity contribution is 0.174. The van der Waals surface area contributed by atoms with Crippen LogP contribution in [0.4, 0.5) is 0 Å². The summed E-state index contributed by atoms with van der Waals surface area (Å²) in [6.45, 7) is 8.70. The fourth-order valence-corrected chi connectivity index (χ4v) is 3.75. The molecule has 1 heterocycles. The largest absolute Gasteiger partial charge is 0.317 e. The van der Waals surface area contributed by atoms with Crippen LogP contribution in [0.1, 0.15) is 13.3 Å². The number of rotatable bonds is 9. The zero-order valence-electron chi connectivity index (χ0n) is 13.1. The maximum absolute atomic E-state index is 12.2. The minimum Gasteiger partial charge on any atom is -0.317 e. The first-order valence-electron chi connectivity index (χ1n) is 7.51. The predicted molar refractivity (Wildman–Crippen MR) is 83.5 cm³/mol. The van der Waals surface area contributed by atoms with Crippen molar-refractivity contribution in [3.63, 3.8) is 0 Å². The average Bonchev–Trinajstić information content (AvgIpc) is 2.42. The quantitative estimate of drug-likeness (QED) is 0.582. The Morgan fingerprint density at radius 3 is 2.35 bits per heavy atom. The van der Waals surface area contributed by atoms with Crippen molar-refractivity contribution in [2.45, 2.75) is 13.3 Å². The molecule has 1 rings (SSSR count). The van der Waals surface area contributed by atoms with Crippen LogP contribution in [0.15, 0.2) is 0 Å². The smallest absolute Gasteiger partial charge is 0.214 e. The molecule has 120 valence electrons. The number of sulfonamides is 1. The molecule has 1 aliphatic heterocycles. The van der Waals surface area contributed by atoms with Gasteiger partial charge in [-0.05, 0) is 33.6 Å². The highest BCUT2D eigenvalue weighted by Gasteiger charge is 2.26. The van der Waals surface area contributed by atoms with Gasteiger partial charge in [0.1, 0.15) is 0 Å². The molecule has 0 atom stereocenters. The Bertz CT molecular complexity index is 351. The van der Waals surface area contributed by atoms with E-state index in [0.717, 1.165) is 39.3 Å². The minimum absolute atomic E-state index is 0.262. The van der Waals surface area contributed by atoms with Crippen molar-refractivity contribution in [3.8, 4) is 0 Å². The van der Waals surface area contributed by atoms with Gasteiger partial charge in [-0.15, -0.1) is 0 Å². The first kappa shape index (κ1) is 17.8. The number of nitrogens with zero attached hydrogens (tertiary/aromatic N) is 3. The summed E-state index contributed by atoms with van der Waals surface area (Å²) in [6.07, 6.45) is 0.691. The first-order valence-corrected chi connectivity index (χ1v) is 9.12. The molecule has 0 spiro atoms. The zero-order valence-corrected chi connectivity index (χ0v) is 14.0. The summed E-state index contributed by atoms with van der Waals surface area (Å²) in [4.78, 5) is 4.49. The molecule has 0 bridgehead atoms. The van der Waals surface area contributed by atoms with E-state index in [4.69, 9.17) is 0 Å². The number of piperazine rings is 1. The Labute approximate surface area is 124 Å². The highest BCUT2D eigenvalue weighted by Crippen LogP contribution is 2.08. The van der Waals surface area contributed by atoms with Crippen LogP contribution >= 0.6 is 0 Å². The van der Waals surface area contributed by atoms with Gasteiger partial charge in [-0.1, -0.05) is 6.92 Å². The molecule has 1 saturated heterocycles. The fraction of sp³-hybridized carbons (Fsp3) is 1.00. The fourth-order valence-electron chi connectivity index (χ4n) is 2.26. The molecule has 7 heteroatoms.